The molecule has 1 aliphatic rings. The second kappa shape index (κ2) is 8.13. The summed E-state index contributed by atoms with van der Waals surface area (Å²) in [4.78, 5) is 17.2. The van der Waals surface area contributed by atoms with Crippen LogP contribution in [0, 0.1) is 6.92 Å². The first-order chi connectivity index (χ1) is 12.8. The highest BCUT2D eigenvalue weighted by atomic mass is 16.3. The van der Waals surface area contributed by atoms with Crippen LogP contribution in [0.1, 0.15) is 41.8 Å². The fourth-order valence-corrected chi connectivity index (χ4v) is 3.49. The molecular formula is C23H30N2O2. The van der Waals surface area contributed by atoms with Gasteiger partial charge in [-0.2, -0.15) is 0 Å². The lowest BCUT2D eigenvalue weighted by Gasteiger charge is -2.36. The number of carbonyl (C=O) groups excluding carboxylic acids is 1. The molecule has 1 fully saturated rings. The van der Waals surface area contributed by atoms with Crippen LogP contribution in [0.15, 0.2) is 48.5 Å². The van der Waals surface area contributed by atoms with Crippen molar-refractivity contribution in [2.45, 2.75) is 39.2 Å². The molecule has 0 saturated carbocycles. The number of aliphatic hydroxyl groups is 1. The van der Waals surface area contributed by atoms with Crippen LogP contribution in [-0.4, -0.2) is 47.7 Å². The van der Waals surface area contributed by atoms with Crippen molar-refractivity contribution in [3.8, 4) is 0 Å². The Morgan fingerprint density at radius 1 is 1.04 bits per heavy atom. The van der Waals surface area contributed by atoms with Crippen LogP contribution in [0.2, 0.25) is 0 Å². The molecule has 4 heteroatoms. The quantitative estimate of drug-likeness (QED) is 0.878. The summed E-state index contributed by atoms with van der Waals surface area (Å²) in [7, 11) is 0. The minimum Gasteiger partial charge on any atom is -0.390 e. The molecule has 1 saturated heterocycles. The average molecular weight is 367 g/mol. The van der Waals surface area contributed by atoms with E-state index in [4.69, 9.17) is 0 Å². The first-order valence-electron chi connectivity index (χ1n) is 9.74. The Hall–Kier alpha value is -2.33. The van der Waals surface area contributed by atoms with E-state index in [1.165, 1.54) is 11.3 Å². The molecule has 1 amide bonds. The van der Waals surface area contributed by atoms with E-state index in [0.29, 0.717) is 6.42 Å². The highest BCUT2D eigenvalue weighted by Crippen LogP contribution is 2.20. The summed E-state index contributed by atoms with van der Waals surface area (Å²) in [6.45, 7) is 8.92. The predicted octanol–water partition coefficient (Wildman–Crippen LogP) is 3.66. The lowest BCUT2D eigenvalue weighted by Crippen LogP contribution is -2.48. The van der Waals surface area contributed by atoms with Crippen LogP contribution in [-0.2, 0) is 6.42 Å². The number of hydrogen-bond acceptors (Lipinski definition) is 3. The Labute approximate surface area is 162 Å². The van der Waals surface area contributed by atoms with Crippen molar-refractivity contribution >= 4 is 11.6 Å². The molecule has 0 radical (unpaired) electrons. The minimum atomic E-state index is -0.688. The van der Waals surface area contributed by atoms with Gasteiger partial charge in [-0.1, -0.05) is 24.3 Å². The number of hydrogen-bond donors (Lipinski definition) is 1. The molecule has 4 nitrogen and oxygen atoms in total. The number of amides is 1. The zero-order valence-electron chi connectivity index (χ0n) is 16.6. The van der Waals surface area contributed by atoms with E-state index in [1.807, 2.05) is 43.0 Å². The van der Waals surface area contributed by atoms with Gasteiger partial charge in [-0.15, -0.1) is 0 Å². The van der Waals surface area contributed by atoms with Crippen LogP contribution in [0.5, 0.6) is 0 Å². The van der Waals surface area contributed by atoms with Gasteiger partial charge in [0.2, 0.25) is 0 Å². The summed E-state index contributed by atoms with van der Waals surface area (Å²) >= 11 is 0. The van der Waals surface area contributed by atoms with Crippen LogP contribution in [0.4, 0.5) is 5.69 Å². The van der Waals surface area contributed by atoms with Gasteiger partial charge in [0.1, 0.15) is 0 Å². The molecule has 1 aliphatic heterocycles. The van der Waals surface area contributed by atoms with Gasteiger partial charge in [0.25, 0.3) is 5.91 Å². The Bertz CT molecular complexity index is 787. The first kappa shape index (κ1) is 19.4. The second-order valence-electron chi connectivity index (χ2n) is 8.13. The van der Waals surface area contributed by atoms with E-state index < -0.39 is 5.60 Å². The van der Waals surface area contributed by atoms with Crippen molar-refractivity contribution in [3.63, 3.8) is 0 Å². The predicted molar refractivity (Wildman–Crippen MR) is 110 cm³/mol. The molecule has 144 valence electrons. The maximum Gasteiger partial charge on any atom is 0.253 e. The Balaban J connectivity index is 1.61. The minimum absolute atomic E-state index is 0.101. The molecule has 0 unspecified atom stereocenters. The molecular weight excluding hydrogens is 336 g/mol. The van der Waals surface area contributed by atoms with Gasteiger partial charge in [0.05, 0.1) is 5.60 Å². The van der Waals surface area contributed by atoms with Gasteiger partial charge in [-0.05, 0) is 69.0 Å². The standard InChI is InChI=1S/C23H30N2O2/c1-18-6-4-9-21(16-18)24-12-14-25(15-13-24)22(26)20-8-5-7-19(17-20)10-11-23(2,3)27/h4-9,16-17,27H,10-15H2,1-3H3. The van der Waals surface area contributed by atoms with E-state index in [0.717, 1.165) is 43.7 Å². The van der Waals surface area contributed by atoms with Gasteiger partial charge in [-0.25, -0.2) is 0 Å². The number of nitrogens with zero attached hydrogens (tertiary/aromatic N) is 2. The topological polar surface area (TPSA) is 43.8 Å². The fraction of sp³-hybridized carbons (Fsp3) is 0.435. The summed E-state index contributed by atoms with van der Waals surface area (Å²) in [6, 6.07) is 16.4. The molecule has 0 spiro atoms. The van der Waals surface area contributed by atoms with Gasteiger partial charge in [0.15, 0.2) is 0 Å². The zero-order valence-corrected chi connectivity index (χ0v) is 16.6. The summed E-state index contributed by atoms with van der Waals surface area (Å²) in [6.07, 6.45) is 1.45. The molecule has 1 N–H and O–H groups in total. The summed E-state index contributed by atoms with van der Waals surface area (Å²) in [5, 5.41) is 9.92. The molecule has 1 heterocycles. The second-order valence-corrected chi connectivity index (χ2v) is 8.13. The molecule has 0 atom stereocenters. The molecule has 2 aromatic carbocycles. The van der Waals surface area contributed by atoms with E-state index in [2.05, 4.69) is 36.1 Å². The Morgan fingerprint density at radius 3 is 2.41 bits per heavy atom. The van der Waals surface area contributed by atoms with Crippen molar-refractivity contribution in [2.75, 3.05) is 31.1 Å². The molecule has 0 aliphatic carbocycles. The van der Waals surface area contributed by atoms with Gasteiger partial charge >= 0.3 is 0 Å². The highest BCUT2D eigenvalue weighted by Gasteiger charge is 2.22. The molecule has 3 rings (SSSR count). The normalized spacial score (nSPS) is 15.1. The van der Waals surface area contributed by atoms with Gasteiger partial charge in [-0.3, -0.25) is 4.79 Å². The Morgan fingerprint density at radius 2 is 1.74 bits per heavy atom. The monoisotopic (exact) mass is 366 g/mol. The summed E-state index contributed by atoms with van der Waals surface area (Å²) in [5.74, 6) is 0.101. The number of anilines is 1. The van der Waals surface area contributed by atoms with Crippen LogP contribution in [0.25, 0.3) is 0 Å². The van der Waals surface area contributed by atoms with Crippen LogP contribution < -0.4 is 4.90 Å². The number of aryl methyl sites for hydroxylation is 2. The molecule has 0 bridgehead atoms. The van der Waals surface area contributed by atoms with Crippen LogP contribution >= 0.6 is 0 Å². The summed E-state index contributed by atoms with van der Waals surface area (Å²) < 4.78 is 0. The maximum absolute atomic E-state index is 12.9. The van der Waals surface area contributed by atoms with E-state index in [-0.39, 0.29) is 5.91 Å². The van der Waals surface area contributed by atoms with Crippen molar-refractivity contribution in [2.24, 2.45) is 0 Å². The van der Waals surface area contributed by atoms with Crippen molar-refractivity contribution in [1.82, 2.24) is 4.90 Å². The molecule has 27 heavy (non-hydrogen) atoms. The van der Waals surface area contributed by atoms with Gasteiger partial charge < -0.3 is 14.9 Å². The van der Waals surface area contributed by atoms with E-state index in [1.54, 1.807) is 0 Å². The Kier molecular flexibility index (Phi) is 5.85. The molecule has 2 aromatic rings. The third-order valence-electron chi connectivity index (χ3n) is 5.13. The van der Waals surface area contributed by atoms with Crippen molar-refractivity contribution in [1.29, 1.82) is 0 Å². The third kappa shape index (κ3) is 5.33. The first-order valence-corrected chi connectivity index (χ1v) is 9.74. The number of benzene rings is 2. The summed E-state index contributed by atoms with van der Waals surface area (Å²) in [5.41, 5.74) is 3.64. The number of rotatable bonds is 5. The third-order valence-corrected chi connectivity index (χ3v) is 5.13. The van der Waals surface area contributed by atoms with Crippen molar-refractivity contribution in [3.05, 3.63) is 65.2 Å². The lowest BCUT2D eigenvalue weighted by atomic mass is 9.97. The number of piperazine rings is 1. The maximum atomic E-state index is 12.9. The van der Waals surface area contributed by atoms with Gasteiger partial charge in [0, 0.05) is 37.4 Å². The zero-order chi connectivity index (χ0) is 19.4. The highest BCUT2D eigenvalue weighted by molar-refractivity contribution is 5.94. The SMILES string of the molecule is Cc1cccc(N2CCN(C(=O)c3cccc(CCC(C)(C)O)c3)CC2)c1. The van der Waals surface area contributed by atoms with Crippen LogP contribution in [0.3, 0.4) is 0 Å². The van der Waals surface area contributed by atoms with E-state index >= 15 is 0 Å². The smallest absolute Gasteiger partial charge is 0.253 e. The average Bonchev–Trinajstić information content (AvgIpc) is 2.66. The lowest BCUT2D eigenvalue weighted by molar-refractivity contribution is 0.0714. The molecule has 0 aromatic heterocycles. The number of carbonyl (C=O) groups is 1. The van der Waals surface area contributed by atoms with Crippen molar-refractivity contribution < 1.29 is 9.90 Å². The fourth-order valence-electron chi connectivity index (χ4n) is 3.49. The largest absolute Gasteiger partial charge is 0.390 e. The van der Waals surface area contributed by atoms with E-state index in [9.17, 15) is 9.90 Å².